The van der Waals surface area contributed by atoms with Crippen molar-refractivity contribution >= 4 is 6.21 Å². The Morgan fingerprint density at radius 3 is 3.25 bits per heavy atom. The Morgan fingerprint density at radius 2 is 2.50 bits per heavy atom. The lowest BCUT2D eigenvalue weighted by Gasteiger charge is -2.12. The van der Waals surface area contributed by atoms with Crippen LogP contribution < -0.4 is 0 Å². The molecule has 0 aromatic rings. The van der Waals surface area contributed by atoms with Crippen LogP contribution in [0.4, 0.5) is 0 Å². The van der Waals surface area contributed by atoms with Crippen LogP contribution in [0.1, 0.15) is 6.42 Å². The van der Waals surface area contributed by atoms with Crippen molar-refractivity contribution in [1.82, 2.24) is 0 Å². The monoisotopic (exact) mass is 164 g/mol. The second-order valence-corrected chi connectivity index (χ2v) is 2.93. The van der Waals surface area contributed by atoms with Crippen LogP contribution in [0.2, 0.25) is 0 Å². The van der Waals surface area contributed by atoms with Gasteiger partial charge in [-0.2, -0.15) is 0 Å². The number of nitrogens with zero attached hydrogens (tertiary/aromatic N) is 2. The molecule has 0 saturated heterocycles. The largest absolute Gasteiger partial charge is 0.289 e. The van der Waals surface area contributed by atoms with Crippen molar-refractivity contribution < 1.29 is 4.92 Å². The maximum atomic E-state index is 10.4. The molecular weight excluding hydrogens is 156 g/mol. The molecule has 0 bridgehead atoms. The summed E-state index contributed by atoms with van der Waals surface area (Å²) in [5.41, 5.74) is 0.196. The molecule has 0 N–H and O–H groups in total. The minimum Gasteiger partial charge on any atom is -0.289 e. The highest BCUT2D eigenvalue weighted by molar-refractivity contribution is 5.62. The fourth-order valence-electron chi connectivity index (χ4n) is 1.51. The summed E-state index contributed by atoms with van der Waals surface area (Å²) in [6.07, 6.45) is 7.68. The maximum absolute atomic E-state index is 10.4. The highest BCUT2D eigenvalue weighted by atomic mass is 16.6. The third-order valence-corrected chi connectivity index (χ3v) is 2.15. The van der Waals surface area contributed by atoms with Gasteiger partial charge in [-0.3, -0.25) is 15.1 Å². The van der Waals surface area contributed by atoms with Crippen molar-refractivity contribution in [3.8, 4) is 0 Å². The van der Waals surface area contributed by atoms with Gasteiger partial charge >= 0.3 is 0 Å². The summed E-state index contributed by atoms with van der Waals surface area (Å²) in [4.78, 5) is 14.2. The molecule has 0 radical (unpaired) electrons. The molecule has 0 amide bonds. The first-order valence-electron chi connectivity index (χ1n) is 3.83. The minimum atomic E-state index is -0.356. The lowest BCUT2D eigenvalue weighted by atomic mass is 9.94. The van der Waals surface area contributed by atoms with Gasteiger partial charge in [-0.05, 0) is 12.5 Å². The van der Waals surface area contributed by atoms with Gasteiger partial charge in [0, 0.05) is 18.2 Å². The third kappa shape index (κ3) is 1.05. The predicted octanol–water partition coefficient (Wildman–Crippen LogP) is 1.18. The molecular formula is C8H8N2O2. The quantitative estimate of drug-likeness (QED) is 0.431. The minimum absolute atomic E-state index is 0.147. The number of rotatable bonds is 1. The van der Waals surface area contributed by atoms with Gasteiger partial charge in [0.05, 0.1) is 11.0 Å². The van der Waals surface area contributed by atoms with Crippen molar-refractivity contribution in [1.29, 1.82) is 0 Å². The summed E-state index contributed by atoms with van der Waals surface area (Å²) in [5.74, 6) is 0.218. The van der Waals surface area contributed by atoms with E-state index < -0.39 is 0 Å². The van der Waals surface area contributed by atoms with Gasteiger partial charge in [0.2, 0.25) is 0 Å². The smallest absolute Gasteiger partial charge is 0.265 e. The van der Waals surface area contributed by atoms with E-state index >= 15 is 0 Å². The van der Waals surface area contributed by atoms with E-state index in [4.69, 9.17) is 0 Å². The van der Waals surface area contributed by atoms with E-state index in [0.717, 1.165) is 6.42 Å². The Balaban J connectivity index is 2.23. The molecule has 1 aliphatic heterocycles. The Bertz CT molecular complexity index is 304. The van der Waals surface area contributed by atoms with Crippen molar-refractivity contribution in [3.63, 3.8) is 0 Å². The van der Waals surface area contributed by atoms with Crippen LogP contribution in [-0.2, 0) is 0 Å². The highest BCUT2D eigenvalue weighted by Gasteiger charge is 2.26. The van der Waals surface area contributed by atoms with Crippen molar-refractivity contribution in [2.75, 3.05) is 0 Å². The Hall–Kier alpha value is -1.45. The summed E-state index contributed by atoms with van der Waals surface area (Å²) < 4.78 is 0. The van der Waals surface area contributed by atoms with Gasteiger partial charge in [0.15, 0.2) is 0 Å². The molecule has 2 aliphatic rings. The van der Waals surface area contributed by atoms with Gasteiger partial charge in [0.25, 0.3) is 5.70 Å². The van der Waals surface area contributed by atoms with Crippen LogP contribution in [0.5, 0.6) is 0 Å². The van der Waals surface area contributed by atoms with E-state index in [2.05, 4.69) is 4.99 Å². The Labute approximate surface area is 69.5 Å². The number of allylic oxidation sites excluding steroid dienone is 1. The van der Waals surface area contributed by atoms with E-state index in [1.807, 2.05) is 6.21 Å². The van der Waals surface area contributed by atoms with E-state index in [-0.39, 0.29) is 22.6 Å². The van der Waals surface area contributed by atoms with Gasteiger partial charge in [0.1, 0.15) is 0 Å². The molecule has 0 aromatic heterocycles. The van der Waals surface area contributed by atoms with Crippen LogP contribution in [0.15, 0.2) is 28.9 Å². The van der Waals surface area contributed by atoms with Crippen LogP contribution in [-0.4, -0.2) is 17.2 Å². The average molecular weight is 164 g/mol. The van der Waals surface area contributed by atoms with E-state index in [1.165, 1.54) is 6.08 Å². The zero-order chi connectivity index (χ0) is 8.55. The number of nitro groups is 1. The van der Waals surface area contributed by atoms with Gasteiger partial charge in [-0.25, -0.2) is 0 Å². The predicted molar refractivity (Wildman–Crippen MR) is 44.6 cm³/mol. The second-order valence-electron chi connectivity index (χ2n) is 2.93. The molecule has 0 aromatic carbocycles. The molecule has 0 fully saturated rings. The Morgan fingerprint density at radius 1 is 1.67 bits per heavy atom. The summed E-state index contributed by atoms with van der Waals surface area (Å²) in [6.45, 7) is 0. The van der Waals surface area contributed by atoms with Gasteiger partial charge in [-0.15, -0.1) is 0 Å². The molecule has 0 saturated carbocycles. The van der Waals surface area contributed by atoms with Crippen molar-refractivity contribution in [2.45, 2.75) is 12.5 Å². The van der Waals surface area contributed by atoms with E-state index in [9.17, 15) is 10.1 Å². The van der Waals surface area contributed by atoms with Crippen molar-refractivity contribution in [3.05, 3.63) is 34.0 Å². The lowest BCUT2D eigenvalue weighted by Crippen LogP contribution is -2.14. The molecule has 0 spiro atoms. The summed E-state index contributed by atoms with van der Waals surface area (Å²) in [5, 5.41) is 10.4. The van der Waals surface area contributed by atoms with E-state index in [1.54, 1.807) is 12.2 Å². The summed E-state index contributed by atoms with van der Waals surface area (Å²) in [7, 11) is 0. The first-order chi connectivity index (χ1) is 5.77. The standard InChI is InChI=1S/C8H8N2O2/c11-10(12)7-1-2-8-6(5-7)3-4-9-8/h1-2,4-6,8H,3H2. The van der Waals surface area contributed by atoms with Gasteiger partial charge < -0.3 is 0 Å². The van der Waals surface area contributed by atoms with Crippen LogP contribution >= 0.6 is 0 Å². The summed E-state index contributed by atoms with van der Waals surface area (Å²) in [6, 6.07) is 0.147. The topological polar surface area (TPSA) is 55.5 Å². The van der Waals surface area contributed by atoms with Crippen LogP contribution in [0, 0.1) is 16.0 Å². The second kappa shape index (κ2) is 2.55. The molecule has 4 heteroatoms. The fourth-order valence-corrected chi connectivity index (χ4v) is 1.51. The molecule has 12 heavy (non-hydrogen) atoms. The normalized spacial score (nSPS) is 31.5. The summed E-state index contributed by atoms with van der Waals surface area (Å²) >= 11 is 0. The molecule has 62 valence electrons. The zero-order valence-electron chi connectivity index (χ0n) is 6.38. The molecule has 4 nitrogen and oxygen atoms in total. The van der Waals surface area contributed by atoms with Gasteiger partial charge in [-0.1, -0.05) is 6.08 Å². The first kappa shape index (κ1) is 7.21. The van der Waals surface area contributed by atoms with Crippen LogP contribution in [0.3, 0.4) is 0 Å². The lowest BCUT2D eigenvalue weighted by molar-refractivity contribution is -0.419. The third-order valence-electron chi connectivity index (χ3n) is 2.15. The Kier molecular flexibility index (Phi) is 1.53. The first-order valence-corrected chi connectivity index (χ1v) is 3.83. The van der Waals surface area contributed by atoms with Crippen molar-refractivity contribution in [2.24, 2.45) is 10.9 Å². The highest BCUT2D eigenvalue weighted by Crippen LogP contribution is 2.26. The molecule has 2 unspecified atom stereocenters. The van der Waals surface area contributed by atoms with E-state index in [0.29, 0.717) is 0 Å². The zero-order valence-corrected chi connectivity index (χ0v) is 6.38. The average Bonchev–Trinajstić information content (AvgIpc) is 2.49. The van der Waals surface area contributed by atoms with Crippen LogP contribution in [0.25, 0.3) is 0 Å². The molecule has 1 heterocycles. The maximum Gasteiger partial charge on any atom is 0.265 e. The molecule has 1 aliphatic carbocycles. The SMILES string of the molecule is O=[N+]([O-])C1=CC2CC=NC2C=C1. The number of hydrogen-bond donors (Lipinski definition) is 0. The number of hydrogen-bond acceptors (Lipinski definition) is 3. The number of fused-ring (bicyclic) bond motifs is 1. The fraction of sp³-hybridized carbons (Fsp3) is 0.375. The number of aliphatic imine (C=N–C) groups is 1. The molecule has 2 rings (SSSR count). The molecule has 2 atom stereocenters.